The molecule has 4 fully saturated rings. The molecule has 4 aliphatic rings. The SMILES string of the molecule is CCC(=O)[C@H]1CC[C@H](N2CCC(c3cnc(N4C5CCC4CN(C)C5)nc3)CC2)CC1. The fraction of sp³-hybridized carbons (Fsp3) is 0.800. The summed E-state index contributed by atoms with van der Waals surface area (Å²) in [6.45, 7) is 6.62. The number of likely N-dealkylation sites (N-methyl/N-ethyl adjacent to an activating group) is 1. The van der Waals surface area contributed by atoms with Crippen LogP contribution in [0.3, 0.4) is 0 Å². The standard InChI is InChI=1S/C25H39N5O/c1-3-24(31)19-4-6-21(7-5-19)29-12-10-18(11-13-29)20-14-26-25(27-15-20)30-22-8-9-23(30)17-28(2)16-22/h14-15,18-19,21-23H,3-13,16-17H2,1-2H3/t19-,21-,22?,23?. The lowest BCUT2D eigenvalue weighted by molar-refractivity contribution is -0.123. The Bertz CT molecular complexity index is 738. The number of hydrogen-bond donors (Lipinski definition) is 0. The Balaban J connectivity index is 1.13. The van der Waals surface area contributed by atoms with Crippen molar-refractivity contribution in [2.75, 3.05) is 38.1 Å². The largest absolute Gasteiger partial charge is 0.332 e. The van der Waals surface area contributed by atoms with Crippen LogP contribution in [0.4, 0.5) is 5.95 Å². The minimum absolute atomic E-state index is 0.338. The summed E-state index contributed by atoms with van der Waals surface area (Å²) in [7, 11) is 2.23. The molecule has 3 aliphatic heterocycles. The second kappa shape index (κ2) is 9.14. The predicted octanol–water partition coefficient (Wildman–Crippen LogP) is 3.48. The van der Waals surface area contributed by atoms with Gasteiger partial charge in [0.05, 0.1) is 0 Å². The van der Waals surface area contributed by atoms with Gasteiger partial charge in [0.1, 0.15) is 5.78 Å². The Morgan fingerprint density at radius 2 is 1.48 bits per heavy atom. The third-order valence-corrected chi connectivity index (χ3v) is 8.57. The van der Waals surface area contributed by atoms with Crippen molar-refractivity contribution in [1.82, 2.24) is 19.8 Å². The van der Waals surface area contributed by atoms with E-state index < -0.39 is 0 Å². The number of likely N-dealkylation sites (tertiary alicyclic amines) is 2. The van der Waals surface area contributed by atoms with Crippen LogP contribution in [0.25, 0.3) is 0 Å². The summed E-state index contributed by atoms with van der Waals surface area (Å²) in [5.74, 6) is 2.35. The molecule has 170 valence electrons. The summed E-state index contributed by atoms with van der Waals surface area (Å²) in [6.07, 6.45) is 14.5. The van der Waals surface area contributed by atoms with Crippen LogP contribution in [0.5, 0.6) is 0 Å². The Morgan fingerprint density at radius 3 is 2.06 bits per heavy atom. The number of piperazine rings is 1. The van der Waals surface area contributed by atoms with E-state index in [1.54, 1.807) is 0 Å². The monoisotopic (exact) mass is 425 g/mol. The van der Waals surface area contributed by atoms with Crippen LogP contribution >= 0.6 is 0 Å². The predicted molar refractivity (Wildman–Crippen MR) is 123 cm³/mol. The maximum atomic E-state index is 12.0. The highest BCUT2D eigenvalue weighted by molar-refractivity contribution is 5.80. The first-order chi connectivity index (χ1) is 15.1. The molecule has 4 heterocycles. The van der Waals surface area contributed by atoms with Crippen LogP contribution in [-0.2, 0) is 4.79 Å². The van der Waals surface area contributed by atoms with Gasteiger partial charge < -0.3 is 14.7 Å². The number of hydrogen-bond acceptors (Lipinski definition) is 6. The summed E-state index contributed by atoms with van der Waals surface area (Å²) in [6, 6.07) is 1.86. The molecule has 5 rings (SSSR count). The number of Topliss-reactive ketones (excluding diaryl/α,β-unsaturated/α-hetero) is 1. The van der Waals surface area contributed by atoms with Crippen molar-refractivity contribution >= 4 is 11.7 Å². The first-order valence-electron chi connectivity index (χ1n) is 12.7. The van der Waals surface area contributed by atoms with E-state index in [0.29, 0.717) is 42.2 Å². The van der Waals surface area contributed by atoms with Crippen molar-refractivity contribution < 1.29 is 4.79 Å². The van der Waals surface area contributed by atoms with Gasteiger partial charge in [-0.3, -0.25) is 4.79 Å². The highest BCUT2D eigenvalue weighted by Gasteiger charge is 2.40. The molecule has 0 radical (unpaired) electrons. The van der Waals surface area contributed by atoms with Crippen LogP contribution in [0.15, 0.2) is 12.4 Å². The fourth-order valence-corrected chi connectivity index (χ4v) is 6.77. The lowest BCUT2D eigenvalue weighted by atomic mass is 9.81. The molecule has 0 amide bonds. The average Bonchev–Trinajstić information content (AvgIpc) is 3.09. The molecule has 0 spiro atoms. The molecule has 2 unspecified atom stereocenters. The van der Waals surface area contributed by atoms with E-state index in [4.69, 9.17) is 9.97 Å². The number of nitrogens with zero attached hydrogens (tertiary/aromatic N) is 5. The van der Waals surface area contributed by atoms with E-state index in [9.17, 15) is 4.79 Å². The van der Waals surface area contributed by atoms with Gasteiger partial charge in [-0.2, -0.15) is 0 Å². The molecule has 1 aromatic rings. The topological polar surface area (TPSA) is 52.6 Å². The van der Waals surface area contributed by atoms with Crippen LogP contribution in [0, 0.1) is 5.92 Å². The van der Waals surface area contributed by atoms with Crippen LogP contribution in [0.1, 0.15) is 76.2 Å². The molecule has 1 aromatic heterocycles. The fourth-order valence-electron chi connectivity index (χ4n) is 6.77. The Morgan fingerprint density at radius 1 is 0.903 bits per heavy atom. The number of aromatic nitrogens is 2. The van der Waals surface area contributed by atoms with Gasteiger partial charge in [-0.05, 0) is 83.0 Å². The molecular formula is C25H39N5O. The number of ketones is 1. The number of rotatable bonds is 5. The summed E-state index contributed by atoms with van der Waals surface area (Å²) in [5.41, 5.74) is 1.32. The maximum absolute atomic E-state index is 12.0. The molecule has 2 bridgehead atoms. The molecular weight excluding hydrogens is 386 g/mol. The second-order valence-electron chi connectivity index (χ2n) is 10.5. The first-order valence-corrected chi connectivity index (χ1v) is 12.7. The van der Waals surface area contributed by atoms with E-state index in [1.165, 1.54) is 57.2 Å². The molecule has 2 atom stereocenters. The van der Waals surface area contributed by atoms with Crippen molar-refractivity contribution in [2.45, 2.75) is 88.8 Å². The molecule has 0 aromatic carbocycles. The van der Waals surface area contributed by atoms with E-state index in [2.05, 4.69) is 34.1 Å². The quantitative estimate of drug-likeness (QED) is 0.720. The number of carbonyl (C=O) groups is 1. The molecule has 6 nitrogen and oxygen atoms in total. The van der Waals surface area contributed by atoms with E-state index in [0.717, 1.165) is 31.9 Å². The van der Waals surface area contributed by atoms with Crippen molar-refractivity contribution in [2.24, 2.45) is 5.92 Å². The van der Waals surface area contributed by atoms with Gasteiger partial charge in [-0.15, -0.1) is 0 Å². The summed E-state index contributed by atoms with van der Waals surface area (Å²) in [4.78, 5) is 29.3. The third-order valence-electron chi connectivity index (χ3n) is 8.57. The zero-order chi connectivity index (χ0) is 21.4. The van der Waals surface area contributed by atoms with Crippen LogP contribution in [-0.4, -0.2) is 76.9 Å². The molecule has 3 saturated heterocycles. The smallest absolute Gasteiger partial charge is 0.225 e. The zero-order valence-corrected chi connectivity index (χ0v) is 19.4. The molecule has 1 saturated carbocycles. The Kier molecular flexibility index (Phi) is 6.29. The van der Waals surface area contributed by atoms with Gasteiger partial charge in [-0.25, -0.2) is 9.97 Å². The number of fused-ring (bicyclic) bond motifs is 2. The lowest BCUT2D eigenvalue weighted by Gasteiger charge is -2.41. The van der Waals surface area contributed by atoms with Crippen molar-refractivity contribution in [1.29, 1.82) is 0 Å². The van der Waals surface area contributed by atoms with Gasteiger partial charge in [-0.1, -0.05) is 6.92 Å². The summed E-state index contributed by atoms with van der Waals surface area (Å²) in [5, 5.41) is 0. The van der Waals surface area contributed by atoms with E-state index >= 15 is 0 Å². The van der Waals surface area contributed by atoms with Gasteiger partial charge in [0.15, 0.2) is 0 Å². The van der Waals surface area contributed by atoms with E-state index in [1.807, 2.05) is 6.92 Å². The normalized spacial score (nSPS) is 33.0. The van der Waals surface area contributed by atoms with Gasteiger partial charge in [0, 0.05) is 55.9 Å². The van der Waals surface area contributed by atoms with Gasteiger partial charge in [0.25, 0.3) is 0 Å². The van der Waals surface area contributed by atoms with Crippen molar-refractivity contribution in [3.05, 3.63) is 18.0 Å². The summed E-state index contributed by atoms with van der Waals surface area (Å²) < 4.78 is 0. The first kappa shape index (κ1) is 21.3. The van der Waals surface area contributed by atoms with Gasteiger partial charge >= 0.3 is 0 Å². The Hall–Kier alpha value is -1.53. The highest BCUT2D eigenvalue weighted by atomic mass is 16.1. The second-order valence-corrected chi connectivity index (χ2v) is 10.5. The van der Waals surface area contributed by atoms with Crippen LogP contribution < -0.4 is 4.90 Å². The lowest BCUT2D eigenvalue weighted by Crippen LogP contribution is -2.53. The van der Waals surface area contributed by atoms with E-state index in [-0.39, 0.29) is 0 Å². The number of anilines is 1. The minimum Gasteiger partial charge on any atom is -0.332 e. The molecule has 0 N–H and O–H groups in total. The molecule has 6 heteroatoms. The maximum Gasteiger partial charge on any atom is 0.225 e. The minimum atomic E-state index is 0.338. The van der Waals surface area contributed by atoms with Gasteiger partial charge in [0.2, 0.25) is 5.95 Å². The highest BCUT2D eigenvalue weighted by Crippen LogP contribution is 2.35. The molecule has 1 aliphatic carbocycles. The number of carbonyl (C=O) groups excluding carboxylic acids is 1. The average molecular weight is 426 g/mol. The van der Waals surface area contributed by atoms with Crippen molar-refractivity contribution in [3.8, 4) is 0 Å². The zero-order valence-electron chi connectivity index (χ0n) is 19.4. The van der Waals surface area contributed by atoms with Crippen molar-refractivity contribution in [3.63, 3.8) is 0 Å². The third kappa shape index (κ3) is 4.38. The number of piperidine rings is 1. The summed E-state index contributed by atoms with van der Waals surface area (Å²) >= 11 is 0. The molecule has 31 heavy (non-hydrogen) atoms. The van der Waals surface area contributed by atoms with Crippen LogP contribution in [0.2, 0.25) is 0 Å². The Labute approximate surface area is 187 Å².